The average molecular weight is 376 g/mol. The maximum absolute atomic E-state index is 12.0. The van der Waals surface area contributed by atoms with E-state index in [2.05, 4.69) is 10.1 Å². The van der Waals surface area contributed by atoms with Crippen molar-refractivity contribution in [2.45, 2.75) is 51.2 Å². The van der Waals surface area contributed by atoms with Crippen molar-refractivity contribution in [1.29, 1.82) is 5.26 Å². The van der Waals surface area contributed by atoms with E-state index in [1.165, 1.54) is 6.07 Å². The predicted molar refractivity (Wildman–Crippen MR) is 95.8 cm³/mol. The molecular weight excluding hydrogens is 352 g/mol. The van der Waals surface area contributed by atoms with Crippen LogP contribution in [0.2, 0.25) is 0 Å². The molecule has 0 heterocycles. The lowest BCUT2D eigenvalue weighted by molar-refractivity contribution is -0.156. The number of carboxylic acids is 1. The lowest BCUT2D eigenvalue weighted by Gasteiger charge is -2.30. The van der Waals surface area contributed by atoms with E-state index < -0.39 is 29.2 Å². The highest BCUT2D eigenvalue weighted by molar-refractivity contribution is 5.85. The standard InChI is InChI=1S/C19H24N2O6/c1-18(2,3)27-15(22)8-9-19(16(23)24,21-17(25)26-4)11-13-6-5-7-14(10-13)12-20/h5-7,10H,8-9,11H2,1-4H3,(H,21,25)(H,23,24)/t19-/m1/s1. The number of nitrogens with one attached hydrogen (secondary N) is 1. The molecule has 0 aliphatic rings. The summed E-state index contributed by atoms with van der Waals surface area (Å²) in [5.41, 5.74) is -1.62. The minimum Gasteiger partial charge on any atom is -0.479 e. The van der Waals surface area contributed by atoms with Crippen LogP contribution >= 0.6 is 0 Å². The van der Waals surface area contributed by atoms with Crippen LogP contribution in [0, 0.1) is 11.3 Å². The number of nitrogens with zero attached hydrogens (tertiary/aromatic N) is 1. The van der Waals surface area contributed by atoms with Crippen LogP contribution in [-0.2, 0) is 25.5 Å². The highest BCUT2D eigenvalue weighted by Crippen LogP contribution is 2.23. The minimum absolute atomic E-state index is 0.129. The number of hydrogen-bond acceptors (Lipinski definition) is 6. The van der Waals surface area contributed by atoms with Crippen molar-refractivity contribution in [3.63, 3.8) is 0 Å². The molecule has 1 aromatic rings. The molecule has 1 amide bonds. The Labute approximate surface area is 158 Å². The SMILES string of the molecule is COC(=O)N[C@](CCC(=O)OC(C)(C)C)(Cc1cccc(C#N)c1)C(=O)O. The van der Waals surface area contributed by atoms with Gasteiger partial charge in [-0.2, -0.15) is 5.26 Å². The van der Waals surface area contributed by atoms with Gasteiger partial charge in [0.2, 0.25) is 0 Å². The van der Waals surface area contributed by atoms with Crippen molar-refractivity contribution in [3.8, 4) is 6.07 Å². The Morgan fingerprint density at radius 3 is 2.44 bits per heavy atom. The molecule has 2 N–H and O–H groups in total. The van der Waals surface area contributed by atoms with Crippen molar-refractivity contribution >= 4 is 18.0 Å². The Balaban J connectivity index is 3.13. The molecule has 1 aromatic carbocycles. The maximum atomic E-state index is 12.0. The Morgan fingerprint density at radius 2 is 1.93 bits per heavy atom. The monoisotopic (exact) mass is 376 g/mol. The van der Waals surface area contributed by atoms with Crippen LogP contribution < -0.4 is 5.32 Å². The van der Waals surface area contributed by atoms with Crippen LogP contribution in [0.5, 0.6) is 0 Å². The first-order valence-corrected chi connectivity index (χ1v) is 8.32. The number of amides is 1. The molecule has 0 saturated carbocycles. The molecule has 27 heavy (non-hydrogen) atoms. The molecule has 0 fully saturated rings. The van der Waals surface area contributed by atoms with Crippen molar-refractivity contribution in [2.75, 3.05) is 7.11 Å². The molecule has 1 rings (SSSR count). The summed E-state index contributed by atoms with van der Waals surface area (Å²) in [6.45, 7) is 5.11. The van der Waals surface area contributed by atoms with Gasteiger partial charge >= 0.3 is 18.0 Å². The van der Waals surface area contributed by atoms with Gasteiger partial charge in [0.05, 0.1) is 18.7 Å². The van der Waals surface area contributed by atoms with Gasteiger partial charge < -0.3 is 19.9 Å². The van der Waals surface area contributed by atoms with E-state index in [0.717, 1.165) is 7.11 Å². The number of carboxylic acid groups (broad SMARTS) is 1. The van der Waals surface area contributed by atoms with E-state index >= 15 is 0 Å². The maximum Gasteiger partial charge on any atom is 0.407 e. The largest absolute Gasteiger partial charge is 0.479 e. The number of esters is 1. The summed E-state index contributed by atoms with van der Waals surface area (Å²) in [5, 5.41) is 21.2. The van der Waals surface area contributed by atoms with Crippen LogP contribution in [-0.4, -0.2) is 41.4 Å². The van der Waals surface area contributed by atoms with E-state index in [9.17, 15) is 19.5 Å². The summed E-state index contributed by atoms with van der Waals surface area (Å²) in [7, 11) is 1.12. The van der Waals surface area contributed by atoms with Gasteiger partial charge in [0.15, 0.2) is 0 Å². The number of alkyl carbamates (subject to hydrolysis) is 1. The van der Waals surface area contributed by atoms with Crippen LogP contribution in [0.3, 0.4) is 0 Å². The lowest BCUT2D eigenvalue weighted by Crippen LogP contribution is -2.56. The Hall–Kier alpha value is -3.08. The second kappa shape index (κ2) is 9.03. The van der Waals surface area contributed by atoms with E-state index in [1.807, 2.05) is 6.07 Å². The molecule has 0 aliphatic carbocycles. The molecule has 0 aromatic heterocycles. The van der Waals surface area contributed by atoms with Crippen LogP contribution in [0.25, 0.3) is 0 Å². The van der Waals surface area contributed by atoms with Gasteiger partial charge in [-0.05, 0) is 44.9 Å². The third-order valence-corrected chi connectivity index (χ3v) is 3.67. The van der Waals surface area contributed by atoms with E-state index in [-0.39, 0.29) is 19.3 Å². The molecule has 0 saturated heterocycles. The number of aliphatic carboxylic acids is 1. The topological polar surface area (TPSA) is 126 Å². The Morgan fingerprint density at radius 1 is 1.26 bits per heavy atom. The third kappa shape index (κ3) is 6.98. The molecule has 8 heteroatoms. The van der Waals surface area contributed by atoms with E-state index in [4.69, 9.17) is 10.00 Å². The van der Waals surface area contributed by atoms with E-state index in [0.29, 0.717) is 11.1 Å². The Bertz CT molecular complexity index is 747. The third-order valence-electron chi connectivity index (χ3n) is 3.67. The van der Waals surface area contributed by atoms with Crippen LogP contribution in [0.4, 0.5) is 4.79 Å². The number of hydrogen-bond donors (Lipinski definition) is 2. The fourth-order valence-corrected chi connectivity index (χ4v) is 2.48. The second-order valence-corrected chi connectivity index (χ2v) is 7.08. The quantitative estimate of drug-likeness (QED) is 0.700. The molecule has 0 spiro atoms. The zero-order chi connectivity index (χ0) is 20.7. The van der Waals surface area contributed by atoms with Crippen LogP contribution in [0.1, 0.15) is 44.7 Å². The zero-order valence-electron chi connectivity index (χ0n) is 15.9. The van der Waals surface area contributed by atoms with Crippen molar-refractivity contribution in [3.05, 3.63) is 35.4 Å². The number of rotatable bonds is 7. The van der Waals surface area contributed by atoms with Gasteiger partial charge in [0.25, 0.3) is 0 Å². The number of methoxy groups -OCH3 is 1. The number of nitriles is 1. The van der Waals surface area contributed by atoms with Crippen molar-refractivity contribution in [2.24, 2.45) is 0 Å². The average Bonchev–Trinajstić information content (AvgIpc) is 2.58. The van der Waals surface area contributed by atoms with Gasteiger partial charge in [0.1, 0.15) is 11.1 Å². The normalized spacial score (nSPS) is 13.0. The second-order valence-electron chi connectivity index (χ2n) is 7.08. The van der Waals surface area contributed by atoms with Gasteiger partial charge in [-0.25, -0.2) is 9.59 Å². The summed E-state index contributed by atoms with van der Waals surface area (Å²) in [4.78, 5) is 35.8. The van der Waals surface area contributed by atoms with Gasteiger partial charge in [-0.1, -0.05) is 12.1 Å². The first-order chi connectivity index (χ1) is 12.5. The molecule has 0 bridgehead atoms. The Kier molecular flexibility index (Phi) is 7.35. The summed E-state index contributed by atoms with van der Waals surface area (Å²) < 4.78 is 9.76. The predicted octanol–water partition coefficient (Wildman–Crippen LogP) is 2.40. The molecule has 1 atom stereocenters. The number of benzene rings is 1. The van der Waals surface area contributed by atoms with Crippen LogP contribution in [0.15, 0.2) is 24.3 Å². The first kappa shape index (κ1) is 22.0. The van der Waals surface area contributed by atoms with E-state index in [1.54, 1.807) is 39.0 Å². The lowest BCUT2D eigenvalue weighted by atomic mass is 9.86. The minimum atomic E-state index is -1.79. The summed E-state index contributed by atoms with van der Waals surface area (Å²) in [6, 6.07) is 8.35. The molecule has 0 aliphatic heterocycles. The number of carbonyl (C=O) groups excluding carboxylic acids is 2. The highest BCUT2D eigenvalue weighted by atomic mass is 16.6. The van der Waals surface area contributed by atoms with Crippen molar-refractivity contribution < 1.29 is 29.0 Å². The summed E-state index contributed by atoms with van der Waals surface area (Å²) in [5.74, 6) is -1.90. The fourth-order valence-electron chi connectivity index (χ4n) is 2.48. The van der Waals surface area contributed by atoms with Gasteiger partial charge in [0, 0.05) is 12.8 Å². The smallest absolute Gasteiger partial charge is 0.407 e. The number of ether oxygens (including phenoxy) is 2. The molecule has 0 unspecified atom stereocenters. The molecule has 0 radical (unpaired) electrons. The first-order valence-electron chi connectivity index (χ1n) is 8.32. The molecule has 8 nitrogen and oxygen atoms in total. The highest BCUT2D eigenvalue weighted by Gasteiger charge is 2.41. The van der Waals surface area contributed by atoms with Crippen molar-refractivity contribution in [1.82, 2.24) is 5.32 Å². The van der Waals surface area contributed by atoms with Gasteiger partial charge in [-0.15, -0.1) is 0 Å². The molecule has 146 valence electrons. The zero-order valence-corrected chi connectivity index (χ0v) is 15.9. The number of carbonyl (C=O) groups is 3. The summed E-state index contributed by atoms with van der Waals surface area (Å²) in [6.07, 6.45) is -1.48. The fraction of sp³-hybridized carbons (Fsp3) is 0.474. The molecular formula is C19H24N2O6. The summed E-state index contributed by atoms with van der Waals surface area (Å²) >= 11 is 0. The van der Waals surface area contributed by atoms with Gasteiger partial charge in [-0.3, -0.25) is 4.79 Å².